The van der Waals surface area contributed by atoms with Gasteiger partial charge in [0.1, 0.15) is 17.3 Å². The highest BCUT2D eigenvalue weighted by atomic mass is 19.1. The summed E-state index contributed by atoms with van der Waals surface area (Å²) in [5, 5.41) is 17.4. The Kier molecular flexibility index (Phi) is 3.19. The van der Waals surface area contributed by atoms with Crippen molar-refractivity contribution in [2.45, 2.75) is 24.7 Å². The van der Waals surface area contributed by atoms with Crippen LogP contribution in [-0.2, 0) is 10.2 Å². The van der Waals surface area contributed by atoms with E-state index < -0.39 is 17.0 Å². The number of fused-ring (bicyclic) bond motifs is 2. The molecule has 1 spiro atoms. The molecule has 1 aliphatic carbocycles. The van der Waals surface area contributed by atoms with Crippen LogP contribution in [0.15, 0.2) is 42.6 Å². The van der Waals surface area contributed by atoms with Crippen LogP contribution in [0.4, 0.5) is 14.5 Å². The second-order valence-electron chi connectivity index (χ2n) is 7.03. The topological polar surface area (TPSA) is 67.2 Å². The van der Waals surface area contributed by atoms with Gasteiger partial charge in [-0.15, -0.1) is 0 Å². The summed E-state index contributed by atoms with van der Waals surface area (Å²) in [6.45, 7) is 0. The van der Waals surface area contributed by atoms with Crippen LogP contribution < -0.4 is 5.32 Å². The van der Waals surface area contributed by atoms with Gasteiger partial charge in [0.05, 0.1) is 23.0 Å². The van der Waals surface area contributed by atoms with E-state index >= 15 is 0 Å². The first-order valence-electron chi connectivity index (χ1n) is 8.68. The number of nitrogens with zero attached hydrogens (tertiary/aromatic N) is 2. The highest BCUT2D eigenvalue weighted by Crippen LogP contribution is 2.54. The number of rotatable bonds is 2. The number of hydrogen-bond donors (Lipinski definition) is 2. The molecule has 0 radical (unpaired) electrons. The number of phenolic OH excluding ortho intramolecular Hbond substituents is 1. The molecule has 1 fully saturated rings. The highest BCUT2D eigenvalue weighted by Gasteiger charge is 2.52. The lowest BCUT2D eigenvalue weighted by Crippen LogP contribution is -2.40. The van der Waals surface area contributed by atoms with E-state index in [1.54, 1.807) is 6.07 Å². The molecular weight excluding hydrogens is 352 g/mol. The minimum atomic E-state index is -0.738. The summed E-state index contributed by atoms with van der Waals surface area (Å²) in [5.74, 6) is -1.53. The van der Waals surface area contributed by atoms with Gasteiger partial charge in [-0.25, -0.2) is 13.5 Å². The molecule has 2 aliphatic rings. The SMILES string of the molecule is O=C1Nc2c(O)cc(-c3ccnn3-c3ccc(F)cc3F)cc2C12CCC2. The summed E-state index contributed by atoms with van der Waals surface area (Å²) < 4.78 is 28.8. The predicted octanol–water partition coefficient (Wildman–Crippen LogP) is 3.90. The monoisotopic (exact) mass is 367 g/mol. The minimum absolute atomic E-state index is 0.0352. The highest BCUT2D eigenvalue weighted by molar-refractivity contribution is 6.08. The van der Waals surface area contributed by atoms with Crippen molar-refractivity contribution in [1.82, 2.24) is 9.78 Å². The molecule has 1 amide bonds. The van der Waals surface area contributed by atoms with Gasteiger partial charge in [0.2, 0.25) is 5.91 Å². The second kappa shape index (κ2) is 5.39. The van der Waals surface area contributed by atoms with E-state index in [2.05, 4.69) is 10.4 Å². The summed E-state index contributed by atoms with van der Waals surface area (Å²) in [6, 6.07) is 8.32. The van der Waals surface area contributed by atoms with Gasteiger partial charge in [0.15, 0.2) is 5.82 Å². The normalized spacial score (nSPS) is 16.9. The van der Waals surface area contributed by atoms with Crippen LogP contribution in [0, 0.1) is 11.6 Å². The Hall–Kier alpha value is -3.22. The lowest BCUT2D eigenvalue weighted by Gasteiger charge is -2.36. The zero-order chi connectivity index (χ0) is 18.8. The summed E-state index contributed by atoms with van der Waals surface area (Å²) in [5.41, 5.74) is 1.87. The minimum Gasteiger partial charge on any atom is -0.506 e. The first kappa shape index (κ1) is 16.0. The van der Waals surface area contributed by atoms with E-state index in [0.717, 1.165) is 37.0 Å². The van der Waals surface area contributed by atoms with Crippen LogP contribution >= 0.6 is 0 Å². The van der Waals surface area contributed by atoms with Crippen molar-refractivity contribution in [3.63, 3.8) is 0 Å². The molecule has 136 valence electrons. The van der Waals surface area contributed by atoms with E-state index in [4.69, 9.17) is 0 Å². The summed E-state index contributed by atoms with van der Waals surface area (Å²) in [4.78, 5) is 12.4. The van der Waals surface area contributed by atoms with Crippen molar-refractivity contribution >= 4 is 11.6 Å². The summed E-state index contributed by atoms with van der Waals surface area (Å²) in [6.07, 6.45) is 3.93. The van der Waals surface area contributed by atoms with Gasteiger partial charge >= 0.3 is 0 Å². The fourth-order valence-electron chi connectivity index (χ4n) is 4.03. The number of hydrogen-bond acceptors (Lipinski definition) is 3. The van der Waals surface area contributed by atoms with Crippen molar-refractivity contribution in [3.8, 4) is 22.7 Å². The first-order chi connectivity index (χ1) is 13.0. The molecule has 2 N–H and O–H groups in total. The van der Waals surface area contributed by atoms with E-state index in [9.17, 15) is 18.7 Å². The molecule has 7 heteroatoms. The molecule has 1 saturated carbocycles. The molecule has 0 bridgehead atoms. The summed E-state index contributed by atoms with van der Waals surface area (Å²) >= 11 is 0. The Bertz CT molecular complexity index is 1100. The second-order valence-corrected chi connectivity index (χ2v) is 7.03. The van der Waals surface area contributed by atoms with E-state index in [1.807, 2.05) is 6.07 Å². The third-order valence-electron chi connectivity index (χ3n) is 5.59. The number of carbonyl (C=O) groups is 1. The molecule has 0 unspecified atom stereocenters. The maximum absolute atomic E-state index is 14.2. The lowest BCUT2D eigenvalue weighted by atomic mass is 9.65. The first-order valence-corrected chi connectivity index (χ1v) is 8.68. The molecule has 1 aliphatic heterocycles. The maximum atomic E-state index is 14.2. The number of amides is 1. The average Bonchev–Trinajstić information content (AvgIpc) is 3.16. The fourth-order valence-corrected chi connectivity index (χ4v) is 4.03. The number of aromatic nitrogens is 2. The van der Waals surface area contributed by atoms with Crippen LogP contribution in [0.3, 0.4) is 0 Å². The Morgan fingerprint density at radius 1 is 1.15 bits per heavy atom. The van der Waals surface area contributed by atoms with Crippen LogP contribution in [-0.4, -0.2) is 20.8 Å². The van der Waals surface area contributed by atoms with E-state index in [1.165, 1.54) is 23.0 Å². The third-order valence-corrected chi connectivity index (χ3v) is 5.59. The van der Waals surface area contributed by atoms with Gasteiger partial charge < -0.3 is 10.4 Å². The number of aromatic hydroxyl groups is 1. The summed E-state index contributed by atoms with van der Waals surface area (Å²) in [7, 11) is 0. The van der Waals surface area contributed by atoms with Crippen molar-refractivity contribution in [1.29, 1.82) is 0 Å². The Morgan fingerprint density at radius 2 is 1.96 bits per heavy atom. The fraction of sp³-hybridized carbons (Fsp3) is 0.200. The van der Waals surface area contributed by atoms with Crippen molar-refractivity contribution in [2.24, 2.45) is 0 Å². The molecule has 3 aromatic rings. The standard InChI is InChI=1S/C20H15F2N3O2/c21-12-2-3-16(14(22)10-12)25-15(4-7-23-25)11-8-13-18(17(26)9-11)24-19(27)20(13)5-1-6-20/h2-4,7-10,26H,1,5-6H2,(H,24,27). The van der Waals surface area contributed by atoms with Crippen molar-refractivity contribution < 1.29 is 18.7 Å². The molecule has 27 heavy (non-hydrogen) atoms. The Balaban J connectivity index is 1.67. The van der Waals surface area contributed by atoms with Crippen LogP contribution in [0.2, 0.25) is 0 Å². The number of phenols is 1. The lowest BCUT2D eigenvalue weighted by molar-refractivity contribution is -0.123. The van der Waals surface area contributed by atoms with E-state index in [0.29, 0.717) is 16.9 Å². The smallest absolute Gasteiger partial charge is 0.235 e. The van der Waals surface area contributed by atoms with Gasteiger partial charge in [-0.1, -0.05) is 6.42 Å². The van der Waals surface area contributed by atoms with Gasteiger partial charge in [0, 0.05) is 11.6 Å². The molecule has 0 saturated heterocycles. The molecule has 5 nitrogen and oxygen atoms in total. The number of halogens is 2. The van der Waals surface area contributed by atoms with Crippen molar-refractivity contribution in [3.05, 3.63) is 59.8 Å². The Labute approximate surface area is 153 Å². The van der Waals surface area contributed by atoms with Crippen LogP contribution in [0.25, 0.3) is 16.9 Å². The molecule has 2 heterocycles. The molecule has 5 rings (SSSR count). The maximum Gasteiger partial charge on any atom is 0.235 e. The molecule has 1 aromatic heterocycles. The zero-order valence-electron chi connectivity index (χ0n) is 14.2. The molecule has 2 aromatic carbocycles. The Morgan fingerprint density at radius 3 is 2.67 bits per heavy atom. The largest absolute Gasteiger partial charge is 0.506 e. The predicted molar refractivity (Wildman–Crippen MR) is 94.7 cm³/mol. The number of nitrogens with one attached hydrogen (secondary N) is 1. The van der Waals surface area contributed by atoms with E-state index in [-0.39, 0.29) is 17.3 Å². The quantitative estimate of drug-likeness (QED) is 0.675. The van der Waals surface area contributed by atoms with Gasteiger partial charge in [0.25, 0.3) is 0 Å². The zero-order valence-corrected chi connectivity index (χ0v) is 14.2. The van der Waals surface area contributed by atoms with Crippen molar-refractivity contribution in [2.75, 3.05) is 5.32 Å². The number of benzene rings is 2. The van der Waals surface area contributed by atoms with Gasteiger partial charge in [-0.05, 0) is 48.7 Å². The molecular formula is C20H15F2N3O2. The number of anilines is 1. The van der Waals surface area contributed by atoms with Crippen LogP contribution in [0.1, 0.15) is 24.8 Å². The molecule has 0 atom stereocenters. The number of carbonyl (C=O) groups excluding carboxylic acids is 1. The third kappa shape index (κ3) is 2.14. The van der Waals surface area contributed by atoms with Gasteiger partial charge in [-0.2, -0.15) is 5.10 Å². The average molecular weight is 367 g/mol. The van der Waals surface area contributed by atoms with Gasteiger partial charge in [-0.3, -0.25) is 4.79 Å². The van der Waals surface area contributed by atoms with Crippen LogP contribution in [0.5, 0.6) is 5.75 Å².